The van der Waals surface area contributed by atoms with Crippen molar-refractivity contribution in [2.24, 2.45) is 4.99 Å². The lowest BCUT2D eigenvalue weighted by molar-refractivity contribution is 0.483. The highest BCUT2D eigenvalue weighted by Gasteiger charge is 2.39. The largest absolute Gasteiger partial charge is 0.309 e. The van der Waals surface area contributed by atoms with Gasteiger partial charge in [-0.2, -0.15) is 14.5 Å². The Morgan fingerprint density at radius 3 is 3.00 bits per heavy atom. The van der Waals surface area contributed by atoms with Crippen molar-refractivity contribution in [1.82, 2.24) is 30.0 Å². The summed E-state index contributed by atoms with van der Waals surface area (Å²) in [7, 11) is 0. The summed E-state index contributed by atoms with van der Waals surface area (Å²) >= 11 is 0. The van der Waals surface area contributed by atoms with Crippen LogP contribution in [0, 0.1) is 6.08 Å². The van der Waals surface area contributed by atoms with Gasteiger partial charge in [-0.05, 0) is 36.7 Å². The van der Waals surface area contributed by atoms with Gasteiger partial charge in [0.2, 0.25) is 0 Å². The SMILES string of the molecule is Fc1ncc2n1-c1ccccc1C1=NCN(n3nncc3C3CCCN3)N12. The van der Waals surface area contributed by atoms with Crippen LogP contribution in [0.1, 0.15) is 30.1 Å². The minimum atomic E-state index is -0.556. The Morgan fingerprint density at radius 2 is 2.11 bits per heavy atom. The van der Waals surface area contributed by atoms with E-state index in [-0.39, 0.29) is 6.04 Å². The van der Waals surface area contributed by atoms with E-state index in [1.54, 1.807) is 11.0 Å². The van der Waals surface area contributed by atoms with Gasteiger partial charge in [0.15, 0.2) is 18.3 Å². The third kappa shape index (κ3) is 1.95. The third-order valence-corrected chi connectivity index (χ3v) is 5.27. The second kappa shape index (κ2) is 5.36. The minimum Gasteiger partial charge on any atom is -0.309 e. The molecule has 0 saturated carbocycles. The first kappa shape index (κ1) is 14.9. The van der Waals surface area contributed by atoms with Crippen LogP contribution >= 0.6 is 0 Å². The van der Waals surface area contributed by atoms with Crippen molar-refractivity contribution in [2.75, 3.05) is 23.3 Å². The molecule has 10 heteroatoms. The summed E-state index contributed by atoms with van der Waals surface area (Å²) in [6.45, 7) is 1.34. The molecule has 6 rings (SSSR count). The monoisotopic (exact) mass is 365 g/mol. The van der Waals surface area contributed by atoms with E-state index in [1.165, 1.54) is 10.8 Å². The van der Waals surface area contributed by atoms with Crippen molar-refractivity contribution in [3.8, 4) is 5.69 Å². The predicted octanol–water partition coefficient (Wildman–Crippen LogP) is 1.12. The van der Waals surface area contributed by atoms with E-state index in [0.717, 1.165) is 42.2 Å². The van der Waals surface area contributed by atoms with Crippen molar-refractivity contribution in [3.05, 3.63) is 54.0 Å². The van der Waals surface area contributed by atoms with Gasteiger partial charge in [-0.15, -0.1) is 9.89 Å². The first-order valence-corrected chi connectivity index (χ1v) is 8.92. The maximum absolute atomic E-state index is 14.5. The molecule has 3 aliphatic rings. The molecule has 3 aromatic rings. The molecule has 0 bridgehead atoms. The van der Waals surface area contributed by atoms with E-state index in [4.69, 9.17) is 4.99 Å². The number of nitrogens with zero attached hydrogens (tertiary/aromatic N) is 8. The molecule has 0 radical (unpaired) electrons. The minimum absolute atomic E-state index is 0.197. The van der Waals surface area contributed by atoms with Crippen LogP contribution in [0.5, 0.6) is 0 Å². The summed E-state index contributed by atoms with van der Waals surface area (Å²) in [6, 6.07) is 7.81. The Morgan fingerprint density at radius 1 is 1.19 bits per heavy atom. The molecule has 2 aromatic heterocycles. The molecule has 1 fully saturated rings. The van der Waals surface area contributed by atoms with E-state index in [1.807, 2.05) is 34.4 Å². The number of benzene rings is 1. The first-order chi connectivity index (χ1) is 13.3. The fraction of sp³-hybridized carbons (Fsp3) is 0.294. The van der Waals surface area contributed by atoms with Crippen LogP contribution < -0.4 is 15.4 Å². The Labute approximate surface area is 153 Å². The zero-order valence-corrected chi connectivity index (χ0v) is 14.3. The standard InChI is InChI=1S/C17H16FN9/c18-17-20-9-15-25(17)13-6-2-1-4-11(13)16-21-10-24(26(15)16)27-14(8-22-23-27)12-5-3-7-19-12/h1-2,4,6,8-9,12,19H,3,5,7,10H2. The Hall–Kier alpha value is -3.27. The third-order valence-electron chi connectivity index (χ3n) is 5.27. The number of rotatable bonds is 2. The van der Waals surface area contributed by atoms with Crippen LogP contribution in [0.4, 0.5) is 10.2 Å². The molecule has 3 aliphatic heterocycles. The highest BCUT2D eigenvalue weighted by atomic mass is 19.1. The van der Waals surface area contributed by atoms with E-state index in [9.17, 15) is 4.39 Å². The fourth-order valence-electron chi connectivity index (χ4n) is 4.07. The number of fused-ring (bicyclic) bond motifs is 6. The molecule has 27 heavy (non-hydrogen) atoms. The quantitative estimate of drug-likeness (QED) is 0.733. The second-order valence-corrected chi connectivity index (χ2v) is 6.74. The number of imidazole rings is 1. The lowest BCUT2D eigenvalue weighted by atomic mass is 10.1. The van der Waals surface area contributed by atoms with Gasteiger partial charge in [-0.1, -0.05) is 12.1 Å². The Bertz CT molecular complexity index is 1060. The van der Waals surface area contributed by atoms with E-state index < -0.39 is 6.08 Å². The van der Waals surface area contributed by atoms with Crippen molar-refractivity contribution in [2.45, 2.75) is 18.9 Å². The smallest absolute Gasteiger partial charge is 0.295 e. The van der Waals surface area contributed by atoms with Crippen molar-refractivity contribution in [3.63, 3.8) is 0 Å². The van der Waals surface area contributed by atoms with Gasteiger partial charge < -0.3 is 5.32 Å². The molecular weight excluding hydrogens is 349 g/mol. The summed E-state index contributed by atoms with van der Waals surface area (Å²) in [5, 5.41) is 15.6. The molecule has 1 atom stereocenters. The number of hydrogen-bond acceptors (Lipinski definition) is 7. The van der Waals surface area contributed by atoms with Crippen LogP contribution in [-0.2, 0) is 0 Å². The number of hydrazine groups is 1. The molecule has 0 amide bonds. The van der Waals surface area contributed by atoms with Gasteiger partial charge in [-0.3, -0.25) is 4.57 Å². The van der Waals surface area contributed by atoms with Gasteiger partial charge in [-0.25, -0.2) is 9.98 Å². The maximum atomic E-state index is 14.5. The van der Waals surface area contributed by atoms with E-state index in [2.05, 4.69) is 20.6 Å². The zero-order valence-electron chi connectivity index (χ0n) is 14.3. The lowest BCUT2D eigenvalue weighted by Gasteiger charge is -2.35. The number of nitrogens with one attached hydrogen (secondary N) is 1. The number of hydrogen-bond donors (Lipinski definition) is 1. The zero-order chi connectivity index (χ0) is 18.0. The highest BCUT2D eigenvalue weighted by molar-refractivity contribution is 6.15. The normalized spacial score (nSPS) is 20.5. The molecule has 9 nitrogen and oxygen atoms in total. The lowest BCUT2D eigenvalue weighted by Crippen LogP contribution is -2.52. The molecule has 0 aliphatic carbocycles. The van der Waals surface area contributed by atoms with Crippen LogP contribution in [-0.4, -0.2) is 43.7 Å². The van der Waals surface area contributed by atoms with Crippen LogP contribution in [0.15, 0.2) is 41.7 Å². The molecule has 1 unspecified atom stereocenters. The number of aromatic nitrogens is 5. The number of para-hydroxylation sites is 1. The number of anilines is 1. The van der Waals surface area contributed by atoms with E-state index in [0.29, 0.717) is 12.5 Å². The van der Waals surface area contributed by atoms with Gasteiger partial charge in [0, 0.05) is 5.56 Å². The molecule has 1 aromatic carbocycles. The molecule has 136 valence electrons. The van der Waals surface area contributed by atoms with Gasteiger partial charge in [0.05, 0.1) is 24.1 Å². The van der Waals surface area contributed by atoms with Gasteiger partial charge >= 0.3 is 0 Å². The summed E-state index contributed by atoms with van der Waals surface area (Å²) < 4.78 is 16.0. The van der Waals surface area contributed by atoms with Gasteiger partial charge in [0.25, 0.3) is 6.08 Å². The van der Waals surface area contributed by atoms with E-state index >= 15 is 0 Å². The summed E-state index contributed by atoms with van der Waals surface area (Å²) in [6.07, 6.45) is 4.89. The Kier molecular flexibility index (Phi) is 2.95. The second-order valence-electron chi connectivity index (χ2n) is 6.74. The van der Waals surface area contributed by atoms with Crippen LogP contribution in [0.3, 0.4) is 0 Å². The van der Waals surface area contributed by atoms with Crippen molar-refractivity contribution in [1.29, 1.82) is 0 Å². The summed E-state index contributed by atoms with van der Waals surface area (Å²) in [5.74, 6) is 1.34. The molecular formula is C17H16FN9. The van der Waals surface area contributed by atoms with Crippen molar-refractivity contribution >= 4 is 11.7 Å². The maximum Gasteiger partial charge on any atom is 0.295 e. The fourth-order valence-corrected chi connectivity index (χ4v) is 4.07. The van der Waals surface area contributed by atoms with Crippen LogP contribution in [0.2, 0.25) is 0 Å². The number of amidine groups is 1. The molecule has 0 spiro atoms. The highest BCUT2D eigenvalue weighted by Crippen LogP contribution is 2.35. The molecule has 1 saturated heterocycles. The molecule has 1 N–H and O–H groups in total. The Balaban J connectivity index is 1.50. The van der Waals surface area contributed by atoms with Crippen molar-refractivity contribution < 1.29 is 4.39 Å². The average molecular weight is 365 g/mol. The summed E-state index contributed by atoms with van der Waals surface area (Å²) in [5.41, 5.74) is 2.55. The predicted molar refractivity (Wildman–Crippen MR) is 95.6 cm³/mol. The van der Waals surface area contributed by atoms with Crippen LogP contribution in [0.25, 0.3) is 5.69 Å². The topological polar surface area (TPSA) is 79.4 Å². The number of aliphatic imine (C=N–C) groups is 1. The average Bonchev–Trinajstić information content (AvgIpc) is 3.46. The van der Waals surface area contributed by atoms with Gasteiger partial charge in [0.1, 0.15) is 5.69 Å². The summed E-state index contributed by atoms with van der Waals surface area (Å²) in [4.78, 5) is 10.3. The number of halogens is 1. The molecule has 5 heterocycles. The first-order valence-electron chi connectivity index (χ1n) is 8.92.